The SMILES string of the molecule is COc1ccc(S(=O)(=O)C2CS(=O)(=O)CC2N2CCCCC2)cc1. The maximum absolute atomic E-state index is 13.0. The number of nitrogens with zero attached hydrogens (tertiary/aromatic N) is 1. The van der Waals surface area contributed by atoms with Gasteiger partial charge in [-0.2, -0.15) is 0 Å². The number of rotatable bonds is 4. The summed E-state index contributed by atoms with van der Waals surface area (Å²) in [5.74, 6) is 0.218. The minimum Gasteiger partial charge on any atom is -0.497 e. The topological polar surface area (TPSA) is 80.8 Å². The summed E-state index contributed by atoms with van der Waals surface area (Å²) in [5.41, 5.74) is 0. The fraction of sp³-hybridized carbons (Fsp3) is 0.625. The standard InChI is InChI=1S/C16H23NO5S2/c1-22-13-5-7-14(8-6-13)24(20,21)16-12-23(18,19)11-15(16)17-9-3-2-4-10-17/h5-8,15-16H,2-4,9-12H2,1H3. The Kier molecular flexibility index (Phi) is 4.90. The highest BCUT2D eigenvalue weighted by Crippen LogP contribution is 2.31. The Bertz CT molecular complexity index is 780. The Morgan fingerprint density at radius 2 is 1.67 bits per heavy atom. The van der Waals surface area contributed by atoms with Gasteiger partial charge in [0.2, 0.25) is 0 Å². The third-order valence-electron chi connectivity index (χ3n) is 4.92. The lowest BCUT2D eigenvalue weighted by atomic mass is 10.1. The lowest BCUT2D eigenvalue weighted by Gasteiger charge is -2.34. The Morgan fingerprint density at radius 1 is 1.04 bits per heavy atom. The first-order chi connectivity index (χ1) is 11.3. The predicted molar refractivity (Wildman–Crippen MR) is 91.8 cm³/mol. The van der Waals surface area contributed by atoms with Gasteiger partial charge in [0.05, 0.1) is 28.8 Å². The highest BCUT2D eigenvalue weighted by Gasteiger charge is 2.48. The molecule has 2 unspecified atom stereocenters. The van der Waals surface area contributed by atoms with Gasteiger partial charge < -0.3 is 4.74 Å². The van der Waals surface area contributed by atoms with Crippen LogP contribution in [0, 0.1) is 0 Å². The van der Waals surface area contributed by atoms with E-state index in [0.717, 1.165) is 32.4 Å². The van der Waals surface area contributed by atoms with Gasteiger partial charge in [0.1, 0.15) is 5.75 Å². The van der Waals surface area contributed by atoms with E-state index < -0.39 is 31.0 Å². The smallest absolute Gasteiger partial charge is 0.183 e. The molecule has 0 amide bonds. The molecule has 0 bridgehead atoms. The number of hydrogen-bond donors (Lipinski definition) is 0. The van der Waals surface area contributed by atoms with Crippen LogP contribution in [-0.4, -0.2) is 64.7 Å². The molecule has 0 aromatic heterocycles. The maximum atomic E-state index is 13.0. The second-order valence-corrected chi connectivity index (χ2v) is 10.8. The average Bonchev–Trinajstić information content (AvgIpc) is 2.92. The molecule has 0 saturated carbocycles. The number of ether oxygens (including phenoxy) is 1. The average molecular weight is 373 g/mol. The van der Waals surface area contributed by atoms with Crippen LogP contribution >= 0.6 is 0 Å². The van der Waals surface area contributed by atoms with Gasteiger partial charge in [-0.25, -0.2) is 16.8 Å². The largest absolute Gasteiger partial charge is 0.497 e. The summed E-state index contributed by atoms with van der Waals surface area (Å²) >= 11 is 0. The second kappa shape index (κ2) is 6.65. The number of methoxy groups -OCH3 is 1. The lowest BCUT2D eigenvalue weighted by molar-refractivity contribution is 0.178. The number of likely N-dealkylation sites (tertiary alicyclic amines) is 1. The molecule has 0 aliphatic carbocycles. The molecule has 134 valence electrons. The Hall–Kier alpha value is -1.12. The number of benzene rings is 1. The summed E-state index contributed by atoms with van der Waals surface area (Å²) in [6.07, 6.45) is 3.10. The van der Waals surface area contributed by atoms with E-state index in [9.17, 15) is 16.8 Å². The molecule has 8 heteroatoms. The molecule has 2 saturated heterocycles. The normalized spacial score (nSPS) is 27.9. The molecule has 2 heterocycles. The van der Waals surface area contributed by atoms with E-state index >= 15 is 0 Å². The van der Waals surface area contributed by atoms with Crippen molar-refractivity contribution in [3.05, 3.63) is 24.3 Å². The molecule has 0 N–H and O–H groups in total. The molecule has 2 aliphatic rings. The Balaban J connectivity index is 1.93. The summed E-state index contributed by atoms with van der Waals surface area (Å²) in [6, 6.07) is 5.72. The molecular formula is C16H23NO5S2. The van der Waals surface area contributed by atoms with E-state index in [2.05, 4.69) is 4.90 Å². The van der Waals surface area contributed by atoms with E-state index in [1.54, 1.807) is 12.1 Å². The first-order valence-corrected chi connectivity index (χ1v) is 11.5. The van der Waals surface area contributed by atoms with E-state index in [0.29, 0.717) is 5.75 Å². The Labute approximate surface area is 143 Å². The molecule has 1 aromatic carbocycles. The minimum atomic E-state index is -3.71. The summed E-state index contributed by atoms with van der Waals surface area (Å²) < 4.78 is 55.5. The molecule has 2 atom stereocenters. The summed E-state index contributed by atoms with van der Waals surface area (Å²) in [5, 5.41) is -0.894. The second-order valence-electron chi connectivity index (χ2n) is 6.50. The van der Waals surface area contributed by atoms with Crippen molar-refractivity contribution in [1.29, 1.82) is 0 Å². The molecule has 2 aliphatic heterocycles. The van der Waals surface area contributed by atoms with Gasteiger partial charge in [-0.05, 0) is 50.2 Å². The zero-order valence-electron chi connectivity index (χ0n) is 13.7. The fourth-order valence-electron chi connectivity index (χ4n) is 3.62. The van der Waals surface area contributed by atoms with Crippen molar-refractivity contribution in [2.45, 2.75) is 35.4 Å². The van der Waals surface area contributed by atoms with Crippen molar-refractivity contribution >= 4 is 19.7 Å². The van der Waals surface area contributed by atoms with Crippen LogP contribution in [0.2, 0.25) is 0 Å². The van der Waals surface area contributed by atoms with E-state index in [-0.39, 0.29) is 16.4 Å². The summed E-state index contributed by atoms with van der Waals surface area (Å²) in [6.45, 7) is 1.55. The zero-order chi connectivity index (χ0) is 17.4. The van der Waals surface area contributed by atoms with Gasteiger partial charge in [-0.3, -0.25) is 4.90 Å². The van der Waals surface area contributed by atoms with Crippen LogP contribution in [0.25, 0.3) is 0 Å². The van der Waals surface area contributed by atoms with Crippen molar-refractivity contribution < 1.29 is 21.6 Å². The van der Waals surface area contributed by atoms with Crippen LogP contribution in [0.15, 0.2) is 29.2 Å². The first-order valence-electron chi connectivity index (χ1n) is 8.16. The lowest BCUT2D eigenvalue weighted by Crippen LogP contribution is -2.48. The van der Waals surface area contributed by atoms with Crippen LogP contribution in [-0.2, 0) is 19.7 Å². The van der Waals surface area contributed by atoms with Crippen molar-refractivity contribution in [3.63, 3.8) is 0 Å². The van der Waals surface area contributed by atoms with Gasteiger partial charge in [-0.15, -0.1) is 0 Å². The van der Waals surface area contributed by atoms with Gasteiger partial charge >= 0.3 is 0 Å². The van der Waals surface area contributed by atoms with E-state index in [1.165, 1.54) is 19.2 Å². The highest BCUT2D eigenvalue weighted by molar-refractivity contribution is 7.96. The number of piperidine rings is 1. The van der Waals surface area contributed by atoms with Crippen molar-refractivity contribution in [3.8, 4) is 5.75 Å². The summed E-state index contributed by atoms with van der Waals surface area (Å²) in [7, 11) is -5.54. The number of sulfone groups is 2. The van der Waals surface area contributed by atoms with Crippen LogP contribution in [0.1, 0.15) is 19.3 Å². The van der Waals surface area contributed by atoms with Crippen LogP contribution in [0.5, 0.6) is 5.75 Å². The molecule has 3 rings (SSSR count). The van der Waals surface area contributed by atoms with Crippen molar-refractivity contribution in [2.24, 2.45) is 0 Å². The molecular weight excluding hydrogens is 350 g/mol. The molecule has 24 heavy (non-hydrogen) atoms. The molecule has 0 spiro atoms. The number of hydrogen-bond acceptors (Lipinski definition) is 6. The zero-order valence-corrected chi connectivity index (χ0v) is 15.4. The maximum Gasteiger partial charge on any atom is 0.183 e. The predicted octanol–water partition coefficient (Wildman–Crippen LogP) is 1.12. The molecule has 6 nitrogen and oxygen atoms in total. The Morgan fingerprint density at radius 3 is 2.25 bits per heavy atom. The van der Waals surface area contributed by atoms with Gasteiger partial charge in [0.25, 0.3) is 0 Å². The fourth-order valence-corrected chi connectivity index (χ4v) is 8.45. The van der Waals surface area contributed by atoms with Crippen molar-refractivity contribution in [2.75, 3.05) is 31.7 Å². The van der Waals surface area contributed by atoms with Gasteiger partial charge in [-0.1, -0.05) is 6.42 Å². The van der Waals surface area contributed by atoms with Crippen LogP contribution < -0.4 is 4.74 Å². The summed E-state index contributed by atoms with van der Waals surface area (Å²) in [4.78, 5) is 2.21. The third-order valence-corrected chi connectivity index (χ3v) is 9.05. The first kappa shape index (κ1) is 17.7. The van der Waals surface area contributed by atoms with Gasteiger partial charge in [0, 0.05) is 6.04 Å². The van der Waals surface area contributed by atoms with Crippen LogP contribution in [0.3, 0.4) is 0 Å². The van der Waals surface area contributed by atoms with Crippen LogP contribution in [0.4, 0.5) is 0 Å². The minimum absolute atomic E-state index is 0.0624. The van der Waals surface area contributed by atoms with Gasteiger partial charge in [0.15, 0.2) is 19.7 Å². The quantitative estimate of drug-likeness (QED) is 0.787. The van der Waals surface area contributed by atoms with E-state index in [4.69, 9.17) is 4.74 Å². The van der Waals surface area contributed by atoms with Crippen molar-refractivity contribution in [1.82, 2.24) is 4.90 Å². The molecule has 1 aromatic rings. The van der Waals surface area contributed by atoms with E-state index in [1.807, 2.05) is 0 Å². The third kappa shape index (κ3) is 3.45. The molecule has 0 radical (unpaired) electrons. The molecule has 2 fully saturated rings. The monoisotopic (exact) mass is 373 g/mol. The highest BCUT2D eigenvalue weighted by atomic mass is 32.2.